The van der Waals surface area contributed by atoms with E-state index in [9.17, 15) is 4.79 Å². The molecule has 2 nitrogen and oxygen atoms in total. The van der Waals surface area contributed by atoms with Gasteiger partial charge in [0.1, 0.15) is 6.29 Å². The molecule has 0 radical (unpaired) electrons. The Labute approximate surface area is 86.3 Å². The fourth-order valence-corrected chi connectivity index (χ4v) is 1.14. The summed E-state index contributed by atoms with van der Waals surface area (Å²) in [6.07, 6.45) is 1.82. The minimum atomic E-state index is 0.799. The van der Waals surface area contributed by atoms with Gasteiger partial charge in [-0.05, 0) is 25.6 Å². The first kappa shape index (κ1) is 12.8. The molecule has 1 aromatic rings. The van der Waals surface area contributed by atoms with Crippen molar-refractivity contribution in [3.8, 4) is 0 Å². The highest BCUT2D eigenvalue weighted by atomic mass is 16.1. The van der Waals surface area contributed by atoms with Crippen molar-refractivity contribution in [2.24, 2.45) is 0 Å². The third-order valence-electron chi connectivity index (χ3n) is 1.83. The molecule has 2 heteroatoms. The molecule has 0 atom stereocenters. The van der Waals surface area contributed by atoms with Gasteiger partial charge in [-0.3, -0.25) is 4.79 Å². The average Bonchev–Trinajstić information content (AvgIpc) is 2.29. The molecule has 0 aromatic heterocycles. The molecule has 14 heavy (non-hydrogen) atoms. The van der Waals surface area contributed by atoms with Crippen molar-refractivity contribution in [3.05, 3.63) is 35.4 Å². The van der Waals surface area contributed by atoms with E-state index in [-0.39, 0.29) is 0 Å². The molecule has 0 unspecified atom stereocenters. The van der Waals surface area contributed by atoms with E-state index in [1.54, 1.807) is 0 Å². The van der Waals surface area contributed by atoms with Crippen molar-refractivity contribution >= 4 is 6.29 Å². The quantitative estimate of drug-likeness (QED) is 0.743. The number of hydrogen-bond donors (Lipinski definition) is 1. The largest absolute Gasteiger partial charge is 0.319 e. The van der Waals surface area contributed by atoms with Gasteiger partial charge in [0.25, 0.3) is 0 Å². The number of rotatable bonds is 4. The van der Waals surface area contributed by atoms with Crippen molar-refractivity contribution in [1.82, 2.24) is 5.32 Å². The van der Waals surface area contributed by atoms with Gasteiger partial charge in [-0.15, -0.1) is 0 Å². The van der Waals surface area contributed by atoms with E-state index >= 15 is 0 Å². The first-order chi connectivity index (χ1) is 6.88. The number of nitrogens with one attached hydrogen (secondary N) is 1. The Hall–Kier alpha value is -1.15. The molecule has 78 valence electrons. The summed E-state index contributed by atoms with van der Waals surface area (Å²) in [7, 11) is 1.91. The van der Waals surface area contributed by atoms with Crippen LogP contribution in [0, 0.1) is 0 Å². The Morgan fingerprint density at radius 3 is 2.50 bits per heavy atom. The number of likely N-dealkylation sites (N-methyl/N-ethyl adjacent to an activating group) is 1. The van der Waals surface area contributed by atoms with Crippen LogP contribution in [-0.4, -0.2) is 19.9 Å². The Morgan fingerprint density at radius 2 is 1.93 bits per heavy atom. The second-order valence-electron chi connectivity index (χ2n) is 2.67. The minimum absolute atomic E-state index is 0.799. The zero-order valence-electron chi connectivity index (χ0n) is 9.21. The fourth-order valence-electron chi connectivity index (χ4n) is 1.14. The molecular formula is C12H19NO. The van der Waals surface area contributed by atoms with Gasteiger partial charge in [0.15, 0.2) is 0 Å². The Bertz CT molecular complexity index is 258. The number of carbonyl (C=O) groups is 1. The molecule has 0 aliphatic heterocycles. The maximum absolute atomic E-state index is 10.6. The molecule has 0 aliphatic carbocycles. The summed E-state index contributed by atoms with van der Waals surface area (Å²) in [6, 6.07) is 7.67. The number of carbonyl (C=O) groups excluding carboxylic acids is 1. The smallest absolute Gasteiger partial charge is 0.150 e. The van der Waals surface area contributed by atoms with Crippen molar-refractivity contribution in [2.45, 2.75) is 20.3 Å². The standard InChI is InChI=1S/C10H13NO.C2H6/c1-11-7-6-9-4-2-3-5-10(9)8-12;1-2/h2-5,8,11H,6-7H2,1H3;1-2H3. The lowest BCUT2D eigenvalue weighted by Crippen LogP contribution is -2.11. The molecule has 0 spiro atoms. The lowest BCUT2D eigenvalue weighted by atomic mass is 10.1. The summed E-state index contributed by atoms with van der Waals surface area (Å²) < 4.78 is 0. The van der Waals surface area contributed by atoms with Gasteiger partial charge in [-0.25, -0.2) is 0 Å². The van der Waals surface area contributed by atoms with Gasteiger partial charge >= 0.3 is 0 Å². The summed E-state index contributed by atoms with van der Waals surface area (Å²) in [6.45, 7) is 4.91. The normalized spacial score (nSPS) is 8.79. The average molecular weight is 193 g/mol. The highest BCUT2D eigenvalue weighted by Crippen LogP contribution is 2.05. The van der Waals surface area contributed by atoms with Gasteiger partial charge in [-0.2, -0.15) is 0 Å². The van der Waals surface area contributed by atoms with Crippen LogP contribution in [0.25, 0.3) is 0 Å². The zero-order valence-corrected chi connectivity index (χ0v) is 9.21. The van der Waals surface area contributed by atoms with Crippen LogP contribution in [0.3, 0.4) is 0 Å². The molecule has 0 aliphatic rings. The van der Waals surface area contributed by atoms with Crippen LogP contribution in [0.4, 0.5) is 0 Å². The van der Waals surface area contributed by atoms with E-state index in [0.29, 0.717) is 0 Å². The van der Waals surface area contributed by atoms with Crippen LogP contribution < -0.4 is 5.32 Å². The SMILES string of the molecule is CC.CNCCc1ccccc1C=O. The van der Waals surface area contributed by atoms with E-state index in [1.165, 1.54) is 0 Å². The molecule has 0 amide bonds. The predicted octanol–water partition coefficient (Wildman–Crippen LogP) is 2.29. The number of aldehydes is 1. The van der Waals surface area contributed by atoms with Gasteiger partial charge < -0.3 is 5.32 Å². The molecule has 1 N–H and O–H groups in total. The Morgan fingerprint density at radius 1 is 1.29 bits per heavy atom. The predicted molar refractivity (Wildman–Crippen MR) is 60.8 cm³/mol. The maximum Gasteiger partial charge on any atom is 0.150 e. The van der Waals surface area contributed by atoms with Crippen LogP contribution in [0.5, 0.6) is 0 Å². The van der Waals surface area contributed by atoms with Crippen LogP contribution >= 0.6 is 0 Å². The second-order valence-corrected chi connectivity index (χ2v) is 2.67. The topological polar surface area (TPSA) is 29.1 Å². The van der Waals surface area contributed by atoms with E-state index in [1.807, 2.05) is 45.2 Å². The van der Waals surface area contributed by atoms with Crippen molar-refractivity contribution in [3.63, 3.8) is 0 Å². The summed E-state index contributed by atoms with van der Waals surface area (Å²) in [4.78, 5) is 10.6. The van der Waals surface area contributed by atoms with Gasteiger partial charge in [0.05, 0.1) is 0 Å². The summed E-state index contributed by atoms with van der Waals surface area (Å²) in [5.41, 5.74) is 1.91. The lowest BCUT2D eigenvalue weighted by Gasteiger charge is -2.02. The van der Waals surface area contributed by atoms with Crippen molar-refractivity contribution < 1.29 is 4.79 Å². The van der Waals surface area contributed by atoms with Crippen molar-refractivity contribution in [1.29, 1.82) is 0 Å². The highest BCUT2D eigenvalue weighted by Gasteiger charge is 1.97. The van der Waals surface area contributed by atoms with E-state index < -0.39 is 0 Å². The molecular weight excluding hydrogens is 174 g/mol. The van der Waals surface area contributed by atoms with E-state index in [2.05, 4.69) is 5.32 Å². The highest BCUT2D eigenvalue weighted by molar-refractivity contribution is 5.77. The number of benzene rings is 1. The zero-order chi connectivity index (χ0) is 10.8. The van der Waals surface area contributed by atoms with Gasteiger partial charge in [-0.1, -0.05) is 38.1 Å². The molecule has 0 heterocycles. The van der Waals surface area contributed by atoms with Gasteiger partial charge in [0.2, 0.25) is 0 Å². The van der Waals surface area contributed by atoms with E-state index in [4.69, 9.17) is 0 Å². The minimum Gasteiger partial charge on any atom is -0.319 e. The van der Waals surface area contributed by atoms with Gasteiger partial charge in [0, 0.05) is 5.56 Å². The number of hydrogen-bond acceptors (Lipinski definition) is 2. The summed E-state index contributed by atoms with van der Waals surface area (Å²) in [5.74, 6) is 0. The van der Waals surface area contributed by atoms with Crippen molar-refractivity contribution in [2.75, 3.05) is 13.6 Å². The molecule has 0 fully saturated rings. The molecule has 0 saturated carbocycles. The second kappa shape index (κ2) is 8.45. The summed E-state index contributed by atoms with van der Waals surface area (Å²) >= 11 is 0. The van der Waals surface area contributed by atoms with Crippen LogP contribution in [0.1, 0.15) is 29.8 Å². The lowest BCUT2D eigenvalue weighted by molar-refractivity contribution is 0.112. The Balaban J connectivity index is 0.000000791. The summed E-state index contributed by atoms with van der Waals surface area (Å²) in [5, 5.41) is 3.05. The first-order valence-corrected chi connectivity index (χ1v) is 5.06. The van der Waals surface area contributed by atoms with Crippen LogP contribution in [0.15, 0.2) is 24.3 Å². The fraction of sp³-hybridized carbons (Fsp3) is 0.417. The van der Waals surface area contributed by atoms with Crippen LogP contribution in [0.2, 0.25) is 0 Å². The van der Waals surface area contributed by atoms with E-state index in [0.717, 1.165) is 30.4 Å². The first-order valence-electron chi connectivity index (χ1n) is 5.06. The third kappa shape index (κ3) is 4.19. The molecule has 1 rings (SSSR count). The maximum atomic E-state index is 10.6. The van der Waals surface area contributed by atoms with Crippen LogP contribution in [-0.2, 0) is 6.42 Å². The molecule has 0 bridgehead atoms. The third-order valence-corrected chi connectivity index (χ3v) is 1.83. The molecule has 0 saturated heterocycles. The monoisotopic (exact) mass is 193 g/mol. The molecule has 1 aromatic carbocycles. The Kier molecular flexibility index (Phi) is 7.75.